The molecule has 0 amide bonds. The van der Waals surface area contributed by atoms with Gasteiger partial charge < -0.3 is 5.73 Å². The molecule has 26 heavy (non-hydrogen) atoms. The van der Waals surface area contributed by atoms with Crippen molar-refractivity contribution >= 4 is 34.9 Å². The zero-order valence-corrected chi connectivity index (χ0v) is 16.9. The van der Waals surface area contributed by atoms with Crippen molar-refractivity contribution in [2.75, 3.05) is 5.75 Å². The Morgan fingerprint density at radius 1 is 1.19 bits per heavy atom. The molecule has 0 fully saturated rings. The highest BCUT2D eigenvalue weighted by atomic mass is 32.2. The minimum absolute atomic E-state index is 0.0580. The molecule has 0 saturated carbocycles. The molecular weight excluding hydrogens is 380 g/mol. The molecule has 0 bridgehead atoms. The summed E-state index contributed by atoms with van der Waals surface area (Å²) in [5, 5.41) is 3.81. The second-order valence-electron chi connectivity index (χ2n) is 6.05. The predicted octanol–water partition coefficient (Wildman–Crippen LogP) is 5.23. The minimum atomic E-state index is -0.0580. The zero-order valence-electron chi connectivity index (χ0n) is 14.5. The van der Waals surface area contributed by atoms with Gasteiger partial charge in [-0.05, 0) is 12.2 Å². The number of nitrogens with two attached hydrogens (primary N) is 1. The van der Waals surface area contributed by atoms with Crippen LogP contribution in [0.15, 0.2) is 46.9 Å². The van der Waals surface area contributed by atoms with Crippen molar-refractivity contribution in [2.24, 2.45) is 5.73 Å². The van der Waals surface area contributed by atoms with Crippen molar-refractivity contribution in [1.29, 1.82) is 0 Å². The molecule has 7 heteroatoms. The first-order chi connectivity index (χ1) is 12.8. The van der Waals surface area contributed by atoms with Gasteiger partial charge >= 0.3 is 0 Å². The van der Waals surface area contributed by atoms with E-state index in [0.29, 0.717) is 10.4 Å². The number of rotatable bonds is 6. The Morgan fingerprint density at radius 3 is 2.77 bits per heavy atom. The number of thioether (sulfide) groups is 2. The maximum Gasteiger partial charge on any atom is 0.190 e. The van der Waals surface area contributed by atoms with Gasteiger partial charge in [0.05, 0.1) is 16.3 Å². The molecule has 4 rings (SSSR count). The van der Waals surface area contributed by atoms with E-state index in [-0.39, 0.29) is 6.04 Å². The van der Waals surface area contributed by atoms with E-state index < -0.39 is 0 Å². The van der Waals surface area contributed by atoms with Gasteiger partial charge in [-0.1, -0.05) is 55.4 Å². The Balaban J connectivity index is 1.77. The van der Waals surface area contributed by atoms with Gasteiger partial charge in [0.25, 0.3) is 0 Å². The number of hydrogen-bond donors (Lipinski definition) is 1. The van der Waals surface area contributed by atoms with Crippen LogP contribution in [0.1, 0.15) is 31.4 Å². The molecule has 2 atom stereocenters. The molecule has 0 saturated heterocycles. The summed E-state index contributed by atoms with van der Waals surface area (Å²) in [6, 6.07) is 10.2. The number of fused-ring (bicyclic) bond motifs is 1. The molecule has 0 spiro atoms. The maximum atomic E-state index is 6.65. The van der Waals surface area contributed by atoms with Gasteiger partial charge in [-0.25, -0.2) is 15.0 Å². The first-order valence-corrected chi connectivity index (χ1v) is 11.5. The van der Waals surface area contributed by atoms with E-state index in [4.69, 9.17) is 15.7 Å². The summed E-state index contributed by atoms with van der Waals surface area (Å²) >= 11 is 5.28. The molecule has 4 nitrogen and oxygen atoms in total. The summed E-state index contributed by atoms with van der Waals surface area (Å²) in [6.07, 6.45) is 4.21. The highest BCUT2D eigenvalue weighted by Crippen LogP contribution is 2.50. The maximum absolute atomic E-state index is 6.65. The standard InChI is InChI=1S/C19H20N4S3/c1-2-3-10-25-19-14(20)13-15(12-7-5-4-6-8-12)22-16(23-17(13)26-19)18-21-9-11-24-18/h4-9,11,14,19H,2-3,10,20H2,1H3. The van der Waals surface area contributed by atoms with E-state index in [0.717, 1.165) is 32.6 Å². The van der Waals surface area contributed by atoms with E-state index in [1.807, 2.05) is 35.3 Å². The molecule has 1 aromatic carbocycles. The fraction of sp³-hybridized carbons (Fsp3) is 0.316. The van der Waals surface area contributed by atoms with Crippen LogP contribution >= 0.6 is 34.9 Å². The molecule has 134 valence electrons. The normalized spacial score (nSPS) is 18.8. The Morgan fingerprint density at radius 2 is 2.04 bits per heavy atom. The molecule has 2 aromatic heterocycles. The van der Waals surface area contributed by atoms with Crippen molar-refractivity contribution in [2.45, 2.75) is 35.4 Å². The topological polar surface area (TPSA) is 64.7 Å². The zero-order chi connectivity index (χ0) is 17.9. The molecule has 2 N–H and O–H groups in total. The summed E-state index contributed by atoms with van der Waals surface area (Å²) in [6.45, 7) is 2.22. The SMILES string of the molecule is CCCCSC1Sc2nc(-c3nccs3)nc(-c3ccccc3)c2C1N. The first kappa shape index (κ1) is 18.0. The molecule has 1 aliphatic heterocycles. The van der Waals surface area contributed by atoms with Gasteiger partial charge in [0.15, 0.2) is 10.8 Å². The lowest BCUT2D eigenvalue weighted by molar-refractivity contribution is 0.786. The monoisotopic (exact) mass is 400 g/mol. The molecule has 0 aliphatic carbocycles. The van der Waals surface area contributed by atoms with Crippen LogP contribution < -0.4 is 5.73 Å². The largest absolute Gasteiger partial charge is 0.322 e. The fourth-order valence-electron chi connectivity index (χ4n) is 2.89. The number of unbranched alkanes of at least 4 members (excludes halogenated alkanes) is 1. The number of aromatic nitrogens is 3. The average molecular weight is 401 g/mol. The lowest BCUT2D eigenvalue weighted by Crippen LogP contribution is -2.18. The van der Waals surface area contributed by atoms with Crippen molar-refractivity contribution in [3.63, 3.8) is 0 Å². The van der Waals surface area contributed by atoms with E-state index in [2.05, 4.69) is 24.0 Å². The number of nitrogens with zero attached hydrogens (tertiary/aromatic N) is 3. The second kappa shape index (κ2) is 8.08. The van der Waals surface area contributed by atoms with Crippen molar-refractivity contribution < 1.29 is 0 Å². The van der Waals surface area contributed by atoms with Crippen molar-refractivity contribution in [3.8, 4) is 22.1 Å². The van der Waals surface area contributed by atoms with Gasteiger partial charge in [0, 0.05) is 22.7 Å². The fourth-order valence-corrected chi connectivity index (χ4v) is 6.32. The highest BCUT2D eigenvalue weighted by molar-refractivity contribution is 8.17. The van der Waals surface area contributed by atoms with Crippen LogP contribution in [0.3, 0.4) is 0 Å². The van der Waals surface area contributed by atoms with E-state index in [1.165, 1.54) is 12.8 Å². The molecule has 1 aliphatic rings. The predicted molar refractivity (Wildman–Crippen MR) is 113 cm³/mol. The third-order valence-corrected chi connectivity index (χ3v) is 7.89. The number of hydrogen-bond acceptors (Lipinski definition) is 7. The van der Waals surface area contributed by atoms with Gasteiger partial charge in [-0.2, -0.15) is 0 Å². The summed E-state index contributed by atoms with van der Waals surface area (Å²) < 4.78 is 0.292. The van der Waals surface area contributed by atoms with Crippen LogP contribution in [0.25, 0.3) is 22.1 Å². The van der Waals surface area contributed by atoms with E-state index in [9.17, 15) is 0 Å². The third-order valence-electron chi connectivity index (χ3n) is 4.22. The quantitative estimate of drug-likeness (QED) is 0.451. The lowest BCUT2D eigenvalue weighted by atomic mass is 10.0. The molecular formula is C19H20N4S3. The van der Waals surface area contributed by atoms with Crippen LogP contribution in [0.5, 0.6) is 0 Å². The second-order valence-corrected chi connectivity index (χ2v) is 9.63. The summed E-state index contributed by atoms with van der Waals surface area (Å²) in [7, 11) is 0. The molecule has 3 aromatic rings. The molecule has 3 heterocycles. The highest BCUT2D eigenvalue weighted by Gasteiger charge is 2.36. The smallest absolute Gasteiger partial charge is 0.190 e. The van der Waals surface area contributed by atoms with Crippen LogP contribution in [0, 0.1) is 0 Å². The van der Waals surface area contributed by atoms with Gasteiger partial charge in [0.2, 0.25) is 0 Å². The van der Waals surface area contributed by atoms with Gasteiger partial charge in [-0.3, -0.25) is 0 Å². The Labute approximate surface area is 166 Å². The summed E-state index contributed by atoms with van der Waals surface area (Å²) in [5.74, 6) is 1.82. The van der Waals surface area contributed by atoms with Crippen LogP contribution in [0.2, 0.25) is 0 Å². The molecule has 2 unspecified atom stereocenters. The van der Waals surface area contributed by atoms with E-state index in [1.54, 1.807) is 29.3 Å². The minimum Gasteiger partial charge on any atom is -0.322 e. The van der Waals surface area contributed by atoms with Crippen molar-refractivity contribution in [3.05, 3.63) is 47.5 Å². The molecule has 0 radical (unpaired) electrons. The number of benzene rings is 1. The van der Waals surface area contributed by atoms with Gasteiger partial charge in [-0.15, -0.1) is 23.1 Å². The van der Waals surface area contributed by atoms with Crippen LogP contribution in [0.4, 0.5) is 0 Å². The Kier molecular flexibility index (Phi) is 5.59. The van der Waals surface area contributed by atoms with E-state index >= 15 is 0 Å². The average Bonchev–Trinajstić information content (AvgIpc) is 3.31. The Hall–Kier alpha value is -1.41. The van der Waals surface area contributed by atoms with Crippen LogP contribution in [-0.4, -0.2) is 25.3 Å². The first-order valence-electron chi connectivity index (χ1n) is 8.69. The Bertz CT molecular complexity index is 868. The van der Waals surface area contributed by atoms with Gasteiger partial charge in [0.1, 0.15) is 5.03 Å². The summed E-state index contributed by atoms with van der Waals surface area (Å²) in [4.78, 5) is 14.1. The lowest BCUT2D eigenvalue weighted by Gasteiger charge is -2.16. The van der Waals surface area contributed by atoms with Crippen molar-refractivity contribution in [1.82, 2.24) is 15.0 Å². The third kappa shape index (κ3) is 3.53. The number of thiazole rings is 1. The van der Waals surface area contributed by atoms with Crippen LogP contribution in [-0.2, 0) is 0 Å². The summed E-state index contributed by atoms with van der Waals surface area (Å²) in [5.41, 5.74) is 9.75.